The van der Waals surface area contributed by atoms with E-state index in [9.17, 15) is 18.0 Å². The average Bonchev–Trinajstić information content (AvgIpc) is 3.09. The number of benzene rings is 1. The zero-order chi connectivity index (χ0) is 19.8. The van der Waals surface area contributed by atoms with Gasteiger partial charge in [-0.1, -0.05) is 6.92 Å². The second-order valence-electron chi connectivity index (χ2n) is 6.14. The summed E-state index contributed by atoms with van der Waals surface area (Å²) in [6.07, 6.45) is 1.57. The van der Waals surface area contributed by atoms with E-state index in [4.69, 9.17) is 10.2 Å². The molecular weight excluding hydrogens is 365 g/mol. The van der Waals surface area contributed by atoms with Crippen LogP contribution >= 0.6 is 0 Å². The van der Waals surface area contributed by atoms with Crippen LogP contribution in [0.15, 0.2) is 34.0 Å². The van der Waals surface area contributed by atoms with Crippen molar-refractivity contribution in [3.63, 3.8) is 0 Å². The van der Waals surface area contributed by atoms with E-state index in [0.29, 0.717) is 12.2 Å². The molecule has 2 heterocycles. The summed E-state index contributed by atoms with van der Waals surface area (Å²) in [6, 6.07) is 2.84. The number of nitrogens with two attached hydrogens (primary N) is 1. The molecule has 1 aliphatic rings. The van der Waals surface area contributed by atoms with Crippen molar-refractivity contribution in [3.8, 4) is 0 Å². The summed E-state index contributed by atoms with van der Waals surface area (Å²) < 4.78 is 52.9. The quantitative estimate of drug-likeness (QED) is 0.847. The zero-order valence-electron chi connectivity index (χ0n) is 14.6. The Morgan fingerprint density at radius 2 is 2.15 bits per heavy atom. The third-order valence-electron chi connectivity index (χ3n) is 4.37. The first kappa shape index (κ1) is 18.7. The fraction of sp³-hybridized carbons (Fsp3) is 0.353. The van der Waals surface area contributed by atoms with Crippen LogP contribution in [0.4, 0.5) is 18.9 Å². The van der Waals surface area contributed by atoms with Crippen LogP contribution in [-0.2, 0) is 16.7 Å². The highest BCUT2D eigenvalue weighted by molar-refractivity contribution is 6.03. The van der Waals surface area contributed by atoms with Gasteiger partial charge >= 0.3 is 5.92 Å². The van der Waals surface area contributed by atoms with Crippen LogP contribution < -0.4 is 11.1 Å². The van der Waals surface area contributed by atoms with Gasteiger partial charge in [0.25, 0.3) is 11.9 Å². The molecule has 0 spiro atoms. The maximum absolute atomic E-state index is 14.4. The fourth-order valence-electron chi connectivity index (χ4n) is 2.77. The van der Waals surface area contributed by atoms with Crippen LogP contribution in [-0.4, -0.2) is 29.4 Å². The summed E-state index contributed by atoms with van der Waals surface area (Å²) >= 11 is 0. The Kier molecular flexibility index (Phi) is 4.58. The Morgan fingerprint density at radius 3 is 2.85 bits per heavy atom. The molecule has 0 saturated carbocycles. The number of anilines is 1. The van der Waals surface area contributed by atoms with Gasteiger partial charge in [0.15, 0.2) is 24.2 Å². The summed E-state index contributed by atoms with van der Waals surface area (Å²) in [5.41, 5.74) is 2.86. The second kappa shape index (κ2) is 6.60. The van der Waals surface area contributed by atoms with Gasteiger partial charge in [0.1, 0.15) is 11.6 Å². The summed E-state index contributed by atoms with van der Waals surface area (Å²) in [7, 11) is 0. The van der Waals surface area contributed by atoms with Gasteiger partial charge < -0.3 is 20.2 Å². The van der Waals surface area contributed by atoms with Crippen LogP contribution in [0.5, 0.6) is 0 Å². The van der Waals surface area contributed by atoms with Crippen molar-refractivity contribution in [2.75, 3.05) is 11.9 Å². The van der Waals surface area contributed by atoms with Gasteiger partial charge in [-0.3, -0.25) is 4.79 Å². The Hall–Kier alpha value is -3.04. The second-order valence-corrected chi connectivity index (χ2v) is 6.14. The lowest BCUT2D eigenvalue weighted by Crippen LogP contribution is -2.51. The van der Waals surface area contributed by atoms with E-state index >= 15 is 0 Å². The molecule has 0 radical (unpaired) electrons. The number of carbonyl (C=O) groups is 1. The zero-order valence-corrected chi connectivity index (χ0v) is 14.6. The maximum atomic E-state index is 14.4. The van der Waals surface area contributed by atoms with Crippen molar-refractivity contribution in [2.45, 2.75) is 31.7 Å². The third-order valence-corrected chi connectivity index (χ3v) is 4.37. The minimum atomic E-state index is -3.51. The Bertz CT molecular complexity index is 913. The van der Waals surface area contributed by atoms with Gasteiger partial charge in [-0.2, -0.15) is 8.78 Å². The van der Waals surface area contributed by atoms with Gasteiger partial charge in [-0.25, -0.2) is 14.4 Å². The SMILES string of the molecule is CCc1ocnc1C(=O)Nc1ccc(F)c(C2(C)N=C(N)OCC2(F)F)c1. The highest BCUT2D eigenvalue weighted by Crippen LogP contribution is 2.44. The molecule has 1 amide bonds. The third kappa shape index (κ3) is 3.22. The first-order valence-electron chi connectivity index (χ1n) is 8.07. The van der Waals surface area contributed by atoms with E-state index in [1.807, 2.05) is 0 Å². The van der Waals surface area contributed by atoms with Crippen LogP contribution in [0.1, 0.15) is 35.7 Å². The molecule has 3 rings (SSSR count). The fourth-order valence-corrected chi connectivity index (χ4v) is 2.77. The molecule has 0 bridgehead atoms. The molecule has 1 unspecified atom stereocenters. The predicted molar refractivity (Wildman–Crippen MR) is 90.1 cm³/mol. The summed E-state index contributed by atoms with van der Waals surface area (Å²) in [5, 5.41) is 2.50. The van der Waals surface area contributed by atoms with Crippen molar-refractivity contribution in [1.29, 1.82) is 0 Å². The van der Waals surface area contributed by atoms with Crippen molar-refractivity contribution >= 4 is 17.6 Å². The number of oxazole rings is 1. The molecule has 1 aromatic carbocycles. The summed E-state index contributed by atoms with van der Waals surface area (Å²) in [6.45, 7) is 1.80. The molecule has 0 aliphatic carbocycles. The Balaban J connectivity index is 1.98. The number of aliphatic imine (C=N–C) groups is 1. The minimum Gasteiger partial charge on any atom is -0.459 e. The molecule has 3 N–H and O–H groups in total. The van der Waals surface area contributed by atoms with Gasteiger partial charge in [0.05, 0.1) is 0 Å². The normalized spacial score (nSPS) is 21.3. The van der Waals surface area contributed by atoms with Gasteiger partial charge in [0.2, 0.25) is 0 Å². The monoisotopic (exact) mass is 382 g/mol. The van der Waals surface area contributed by atoms with E-state index in [2.05, 4.69) is 20.0 Å². The van der Waals surface area contributed by atoms with Gasteiger partial charge in [-0.15, -0.1) is 0 Å². The van der Waals surface area contributed by atoms with E-state index < -0.39 is 41.4 Å². The summed E-state index contributed by atoms with van der Waals surface area (Å²) in [5.74, 6) is -4.66. The van der Waals surface area contributed by atoms with E-state index in [1.165, 1.54) is 6.07 Å². The van der Waals surface area contributed by atoms with E-state index in [1.54, 1.807) is 6.92 Å². The van der Waals surface area contributed by atoms with E-state index in [0.717, 1.165) is 25.5 Å². The molecule has 2 aromatic rings. The highest BCUT2D eigenvalue weighted by atomic mass is 19.3. The number of amides is 1. The number of aryl methyl sites for hydroxylation is 1. The molecule has 144 valence electrons. The lowest BCUT2D eigenvalue weighted by atomic mass is 9.85. The average molecular weight is 382 g/mol. The van der Waals surface area contributed by atoms with Crippen molar-refractivity contribution < 1.29 is 27.1 Å². The number of amidine groups is 1. The number of nitrogens with one attached hydrogen (secondary N) is 1. The van der Waals surface area contributed by atoms with Crippen molar-refractivity contribution in [1.82, 2.24) is 4.98 Å². The molecular formula is C17H17F3N4O3. The number of carbonyl (C=O) groups excluding carboxylic acids is 1. The Morgan fingerprint density at radius 1 is 1.41 bits per heavy atom. The molecule has 1 aromatic heterocycles. The number of aromatic nitrogens is 1. The molecule has 0 fully saturated rings. The van der Waals surface area contributed by atoms with Gasteiger partial charge in [0, 0.05) is 17.7 Å². The lowest BCUT2D eigenvalue weighted by molar-refractivity contribution is -0.117. The van der Waals surface area contributed by atoms with Crippen LogP contribution in [0.25, 0.3) is 0 Å². The van der Waals surface area contributed by atoms with Crippen molar-refractivity contribution in [2.24, 2.45) is 10.7 Å². The van der Waals surface area contributed by atoms with Crippen LogP contribution in [0, 0.1) is 5.82 Å². The first-order valence-corrected chi connectivity index (χ1v) is 8.07. The summed E-state index contributed by atoms with van der Waals surface area (Å²) in [4.78, 5) is 19.8. The maximum Gasteiger partial charge on any atom is 0.310 e. The Labute approximate surface area is 152 Å². The number of alkyl halides is 2. The minimum absolute atomic E-state index is 0.0632. The number of nitrogens with zero attached hydrogens (tertiary/aromatic N) is 2. The molecule has 10 heteroatoms. The van der Waals surface area contributed by atoms with Crippen molar-refractivity contribution in [3.05, 3.63) is 47.4 Å². The molecule has 27 heavy (non-hydrogen) atoms. The molecule has 7 nitrogen and oxygen atoms in total. The highest BCUT2D eigenvalue weighted by Gasteiger charge is 2.56. The smallest absolute Gasteiger partial charge is 0.310 e. The van der Waals surface area contributed by atoms with Crippen LogP contribution in [0.3, 0.4) is 0 Å². The number of ether oxygens (including phenoxy) is 1. The largest absolute Gasteiger partial charge is 0.459 e. The molecule has 1 atom stereocenters. The number of halogens is 3. The van der Waals surface area contributed by atoms with Crippen LogP contribution in [0.2, 0.25) is 0 Å². The molecule has 1 aliphatic heterocycles. The lowest BCUT2D eigenvalue weighted by Gasteiger charge is -2.37. The van der Waals surface area contributed by atoms with Gasteiger partial charge in [-0.05, 0) is 25.1 Å². The predicted octanol–water partition coefficient (Wildman–Crippen LogP) is 2.82. The number of rotatable bonds is 4. The molecule has 0 saturated heterocycles. The van der Waals surface area contributed by atoms with E-state index in [-0.39, 0.29) is 11.4 Å². The number of hydrogen-bond donors (Lipinski definition) is 2. The topological polar surface area (TPSA) is 103 Å². The first-order chi connectivity index (χ1) is 12.7. The number of hydrogen-bond acceptors (Lipinski definition) is 6. The standard InChI is InChI=1S/C17H17F3N4O3/c1-3-12-13(22-8-27-12)14(25)23-9-4-5-11(18)10(6-9)16(2)17(19,20)7-26-15(21)24-16/h4-6,8H,3,7H2,1-2H3,(H2,21,24)(H,23,25).